The minimum Gasteiger partial charge on any atom is -0.497 e. The first-order valence-corrected chi connectivity index (χ1v) is 7.89. The second kappa shape index (κ2) is 6.26. The van der Waals surface area contributed by atoms with Gasteiger partial charge < -0.3 is 15.2 Å². The Hall–Kier alpha value is -0.560. The Kier molecular flexibility index (Phi) is 4.89. The Morgan fingerprint density at radius 3 is 2.42 bits per heavy atom. The molecule has 1 atom stereocenters. The highest BCUT2D eigenvalue weighted by atomic mass is 79.9. The van der Waals surface area contributed by atoms with E-state index >= 15 is 0 Å². The monoisotopic (exact) mass is 405 g/mol. The first-order chi connectivity index (χ1) is 9.06. The fraction of sp³-hybridized carbons (Fsp3) is 0.231. The standard InChI is InChI=1S/C13H13Br2NO2S/c1-17-7-3-4-10(18-2)8(5-7)12(16)11-6-9(14)13(15)19-11/h3-6,12H,16H2,1-2H3. The number of rotatable bonds is 4. The van der Waals surface area contributed by atoms with Crippen LogP contribution in [0.1, 0.15) is 16.5 Å². The van der Waals surface area contributed by atoms with Crippen molar-refractivity contribution in [2.45, 2.75) is 6.04 Å². The van der Waals surface area contributed by atoms with Crippen molar-refractivity contribution >= 4 is 43.2 Å². The Morgan fingerprint density at radius 1 is 1.16 bits per heavy atom. The van der Waals surface area contributed by atoms with Crippen molar-refractivity contribution in [1.82, 2.24) is 0 Å². The van der Waals surface area contributed by atoms with Crippen LogP contribution in [0.3, 0.4) is 0 Å². The molecule has 0 amide bonds. The number of methoxy groups -OCH3 is 2. The minimum atomic E-state index is -0.252. The van der Waals surface area contributed by atoms with Gasteiger partial charge in [0.2, 0.25) is 0 Å². The zero-order chi connectivity index (χ0) is 14.0. The number of halogens is 2. The third-order valence-electron chi connectivity index (χ3n) is 2.74. The quantitative estimate of drug-likeness (QED) is 0.821. The van der Waals surface area contributed by atoms with Gasteiger partial charge >= 0.3 is 0 Å². The average Bonchev–Trinajstić information content (AvgIpc) is 2.77. The number of thiophene rings is 1. The van der Waals surface area contributed by atoms with Crippen molar-refractivity contribution in [2.75, 3.05) is 14.2 Å². The molecule has 1 aromatic heterocycles. The molecule has 102 valence electrons. The topological polar surface area (TPSA) is 44.5 Å². The van der Waals surface area contributed by atoms with Crippen LogP contribution >= 0.6 is 43.2 Å². The third-order valence-corrected chi connectivity index (χ3v) is 6.08. The summed E-state index contributed by atoms with van der Waals surface area (Å²) in [5, 5.41) is 0. The molecule has 19 heavy (non-hydrogen) atoms. The van der Waals surface area contributed by atoms with E-state index < -0.39 is 0 Å². The summed E-state index contributed by atoms with van der Waals surface area (Å²) in [5.41, 5.74) is 7.24. The van der Waals surface area contributed by atoms with Crippen LogP contribution in [0.15, 0.2) is 32.5 Å². The van der Waals surface area contributed by atoms with Crippen LogP contribution in [0.5, 0.6) is 11.5 Å². The van der Waals surface area contributed by atoms with Gasteiger partial charge in [0.1, 0.15) is 11.5 Å². The fourth-order valence-electron chi connectivity index (χ4n) is 1.75. The second-order valence-electron chi connectivity index (χ2n) is 3.86. The zero-order valence-electron chi connectivity index (χ0n) is 10.4. The number of hydrogen-bond donors (Lipinski definition) is 1. The van der Waals surface area contributed by atoms with E-state index in [2.05, 4.69) is 31.9 Å². The summed E-state index contributed by atoms with van der Waals surface area (Å²) in [5.74, 6) is 1.52. The maximum absolute atomic E-state index is 6.33. The first-order valence-electron chi connectivity index (χ1n) is 5.49. The molecule has 0 aliphatic rings. The van der Waals surface area contributed by atoms with E-state index in [9.17, 15) is 0 Å². The molecule has 1 heterocycles. The summed E-state index contributed by atoms with van der Waals surface area (Å²) in [6.07, 6.45) is 0. The molecule has 3 nitrogen and oxygen atoms in total. The molecule has 1 aromatic carbocycles. The number of hydrogen-bond acceptors (Lipinski definition) is 4. The highest BCUT2D eigenvalue weighted by Gasteiger charge is 2.18. The molecule has 0 spiro atoms. The Morgan fingerprint density at radius 2 is 1.89 bits per heavy atom. The summed E-state index contributed by atoms with van der Waals surface area (Å²) in [6.45, 7) is 0. The molecule has 0 saturated carbocycles. The Labute approximate surface area is 133 Å². The van der Waals surface area contributed by atoms with Crippen LogP contribution in [0, 0.1) is 0 Å². The smallest absolute Gasteiger partial charge is 0.124 e. The number of nitrogens with two attached hydrogens (primary N) is 1. The van der Waals surface area contributed by atoms with Crippen LogP contribution in [0.4, 0.5) is 0 Å². The van der Waals surface area contributed by atoms with Crippen LogP contribution in [-0.4, -0.2) is 14.2 Å². The predicted octanol–water partition coefficient (Wildman–Crippen LogP) is 4.34. The van der Waals surface area contributed by atoms with Gasteiger partial charge in [-0.05, 0) is 56.1 Å². The normalized spacial score (nSPS) is 12.3. The molecule has 2 aromatic rings. The largest absolute Gasteiger partial charge is 0.497 e. The van der Waals surface area contributed by atoms with E-state index in [1.807, 2.05) is 24.3 Å². The van der Waals surface area contributed by atoms with Crippen molar-refractivity contribution in [3.05, 3.63) is 43.0 Å². The number of ether oxygens (including phenoxy) is 2. The van der Waals surface area contributed by atoms with Crippen molar-refractivity contribution in [1.29, 1.82) is 0 Å². The SMILES string of the molecule is COc1ccc(OC)c(C(N)c2cc(Br)c(Br)s2)c1. The van der Waals surface area contributed by atoms with E-state index in [1.54, 1.807) is 25.6 Å². The van der Waals surface area contributed by atoms with Crippen LogP contribution in [-0.2, 0) is 0 Å². The molecule has 0 aliphatic carbocycles. The minimum absolute atomic E-state index is 0.252. The summed E-state index contributed by atoms with van der Waals surface area (Å²) in [6, 6.07) is 7.39. The van der Waals surface area contributed by atoms with Gasteiger partial charge in [0, 0.05) is 14.9 Å². The van der Waals surface area contributed by atoms with Gasteiger partial charge in [-0.3, -0.25) is 0 Å². The van der Waals surface area contributed by atoms with Crippen molar-refractivity contribution in [3.8, 4) is 11.5 Å². The Bertz CT molecular complexity index is 567. The maximum Gasteiger partial charge on any atom is 0.124 e. The first kappa shape index (κ1) is 14.8. The zero-order valence-corrected chi connectivity index (χ0v) is 14.4. The summed E-state index contributed by atoms with van der Waals surface area (Å²) in [4.78, 5) is 1.05. The van der Waals surface area contributed by atoms with E-state index in [-0.39, 0.29) is 6.04 Å². The van der Waals surface area contributed by atoms with Crippen molar-refractivity contribution in [3.63, 3.8) is 0 Å². The molecule has 0 aliphatic heterocycles. The van der Waals surface area contributed by atoms with Gasteiger partial charge in [0.15, 0.2) is 0 Å². The van der Waals surface area contributed by atoms with Gasteiger partial charge in [0.05, 0.1) is 24.0 Å². The molecule has 2 N–H and O–H groups in total. The highest BCUT2D eigenvalue weighted by Crippen LogP contribution is 2.39. The van der Waals surface area contributed by atoms with E-state index in [0.29, 0.717) is 0 Å². The highest BCUT2D eigenvalue weighted by molar-refractivity contribution is 9.13. The van der Waals surface area contributed by atoms with Crippen LogP contribution < -0.4 is 15.2 Å². The van der Waals surface area contributed by atoms with Gasteiger partial charge in [-0.15, -0.1) is 11.3 Å². The molecular weight excluding hydrogens is 394 g/mol. The lowest BCUT2D eigenvalue weighted by molar-refractivity contribution is 0.397. The summed E-state index contributed by atoms with van der Waals surface area (Å²) in [7, 11) is 3.27. The lowest BCUT2D eigenvalue weighted by Gasteiger charge is -2.15. The van der Waals surface area contributed by atoms with Crippen LogP contribution in [0.25, 0.3) is 0 Å². The molecule has 0 bridgehead atoms. The molecule has 0 fully saturated rings. The lowest BCUT2D eigenvalue weighted by atomic mass is 10.0. The van der Waals surface area contributed by atoms with E-state index in [4.69, 9.17) is 15.2 Å². The van der Waals surface area contributed by atoms with Gasteiger partial charge in [-0.2, -0.15) is 0 Å². The van der Waals surface area contributed by atoms with Gasteiger partial charge in [-0.25, -0.2) is 0 Å². The lowest BCUT2D eigenvalue weighted by Crippen LogP contribution is -2.11. The van der Waals surface area contributed by atoms with Gasteiger partial charge in [-0.1, -0.05) is 0 Å². The average molecular weight is 407 g/mol. The van der Waals surface area contributed by atoms with Crippen molar-refractivity contribution < 1.29 is 9.47 Å². The Balaban J connectivity index is 2.44. The fourth-order valence-corrected chi connectivity index (χ4v) is 3.86. The van der Waals surface area contributed by atoms with Crippen LogP contribution in [0.2, 0.25) is 0 Å². The molecule has 6 heteroatoms. The third kappa shape index (κ3) is 3.13. The molecule has 1 unspecified atom stereocenters. The summed E-state index contributed by atoms with van der Waals surface area (Å²) < 4.78 is 12.6. The second-order valence-corrected chi connectivity index (χ2v) is 7.11. The predicted molar refractivity (Wildman–Crippen MR) is 85.3 cm³/mol. The molecule has 0 saturated heterocycles. The molecular formula is C13H13Br2NO2S. The maximum atomic E-state index is 6.33. The van der Waals surface area contributed by atoms with Crippen molar-refractivity contribution in [2.24, 2.45) is 5.73 Å². The molecule has 0 radical (unpaired) electrons. The number of benzene rings is 1. The van der Waals surface area contributed by atoms with E-state index in [1.165, 1.54) is 0 Å². The molecule has 2 rings (SSSR count). The van der Waals surface area contributed by atoms with E-state index in [0.717, 1.165) is 30.2 Å². The van der Waals surface area contributed by atoms with Gasteiger partial charge in [0.25, 0.3) is 0 Å². The summed E-state index contributed by atoms with van der Waals surface area (Å²) >= 11 is 8.55.